The van der Waals surface area contributed by atoms with Crippen molar-refractivity contribution in [1.82, 2.24) is 19.6 Å². The van der Waals surface area contributed by atoms with Crippen LogP contribution >= 0.6 is 15.9 Å². The minimum atomic E-state index is -4.48. The van der Waals surface area contributed by atoms with Crippen molar-refractivity contribution in [2.24, 2.45) is 0 Å². The van der Waals surface area contributed by atoms with Crippen LogP contribution in [0.1, 0.15) is 21.6 Å². The lowest BCUT2D eigenvalue weighted by atomic mass is 10.2. The van der Waals surface area contributed by atoms with Crippen LogP contribution in [0.25, 0.3) is 0 Å². The van der Waals surface area contributed by atoms with Crippen LogP contribution < -0.4 is 10.1 Å². The molecule has 0 radical (unpaired) electrons. The first-order valence-electron chi connectivity index (χ1n) is 9.79. The summed E-state index contributed by atoms with van der Waals surface area (Å²) in [4.78, 5) is 12.5. The van der Waals surface area contributed by atoms with E-state index >= 15 is 0 Å². The summed E-state index contributed by atoms with van der Waals surface area (Å²) in [6.07, 6.45) is -1.35. The summed E-state index contributed by atoms with van der Waals surface area (Å²) in [6.45, 7) is 0.181. The molecule has 1 N–H and O–H groups in total. The number of nitrogens with zero attached hydrogens (tertiary/aromatic N) is 4. The van der Waals surface area contributed by atoms with Crippen LogP contribution in [-0.4, -0.2) is 25.5 Å². The molecular formula is C22H16BrF4N5O2. The SMILES string of the molecule is O=C(Nc1nn(Cc2ccc(F)cc2)cc1Br)c1ccn(COc2cccc(C(F)(F)F)c2)n1. The second kappa shape index (κ2) is 9.67. The van der Waals surface area contributed by atoms with Gasteiger partial charge in [0.25, 0.3) is 5.91 Å². The average Bonchev–Trinajstić information content (AvgIpc) is 3.40. The molecule has 0 bridgehead atoms. The number of hydrogen-bond donors (Lipinski definition) is 1. The van der Waals surface area contributed by atoms with E-state index in [0.717, 1.165) is 17.7 Å². The highest BCUT2D eigenvalue weighted by molar-refractivity contribution is 9.10. The van der Waals surface area contributed by atoms with Gasteiger partial charge < -0.3 is 10.1 Å². The normalized spacial score (nSPS) is 11.4. The minimum absolute atomic E-state index is 0.0203. The van der Waals surface area contributed by atoms with Gasteiger partial charge in [-0.25, -0.2) is 9.07 Å². The van der Waals surface area contributed by atoms with Gasteiger partial charge in [-0.2, -0.15) is 23.4 Å². The molecule has 0 fully saturated rings. The molecule has 0 spiro atoms. The van der Waals surface area contributed by atoms with Crippen LogP contribution in [0.15, 0.2) is 71.5 Å². The zero-order valence-electron chi connectivity index (χ0n) is 17.3. The molecule has 0 unspecified atom stereocenters. The highest BCUT2D eigenvalue weighted by atomic mass is 79.9. The van der Waals surface area contributed by atoms with Crippen molar-refractivity contribution in [1.29, 1.82) is 0 Å². The van der Waals surface area contributed by atoms with Gasteiger partial charge in [0, 0.05) is 12.4 Å². The van der Waals surface area contributed by atoms with Crippen LogP contribution in [0.2, 0.25) is 0 Å². The maximum Gasteiger partial charge on any atom is 0.416 e. The maximum absolute atomic E-state index is 13.1. The Morgan fingerprint density at radius 3 is 2.56 bits per heavy atom. The van der Waals surface area contributed by atoms with E-state index in [1.165, 1.54) is 41.2 Å². The Morgan fingerprint density at radius 2 is 1.82 bits per heavy atom. The van der Waals surface area contributed by atoms with Gasteiger partial charge in [-0.05, 0) is 57.9 Å². The van der Waals surface area contributed by atoms with Crippen molar-refractivity contribution in [2.75, 3.05) is 5.32 Å². The molecule has 176 valence electrons. The monoisotopic (exact) mass is 537 g/mol. The number of benzene rings is 2. The fraction of sp³-hybridized carbons (Fsp3) is 0.136. The van der Waals surface area contributed by atoms with Crippen molar-refractivity contribution in [3.63, 3.8) is 0 Å². The predicted molar refractivity (Wildman–Crippen MR) is 118 cm³/mol. The van der Waals surface area contributed by atoms with E-state index in [1.807, 2.05) is 0 Å². The fourth-order valence-corrected chi connectivity index (χ4v) is 3.38. The van der Waals surface area contributed by atoms with Crippen molar-refractivity contribution < 1.29 is 27.1 Å². The number of carbonyl (C=O) groups is 1. The van der Waals surface area contributed by atoms with E-state index in [1.54, 1.807) is 23.0 Å². The summed E-state index contributed by atoms with van der Waals surface area (Å²) in [5.41, 5.74) is 0.0661. The molecule has 4 rings (SSSR count). The molecule has 12 heteroatoms. The average molecular weight is 538 g/mol. The standard InChI is InChI=1S/C22H16BrF4N5O2/c23-18-12-32(11-14-4-6-16(24)7-5-14)30-20(18)28-21(33)19-8-9-31(29-19)13-34-17-3-1-2-15(10-17)22(25,26)27/h1-10,12H,11,13H2,(H,28,30,33). The van der Waals surface area contributed by atoms with Crippen LogP contribution in [0, 0.1) is 5.82 Å². The van der Waals surface area contributed by atoms with Gasteiger partial charge in [0.05, 0.1) is 16.6 Å². The number of ether oxygens (including phenoxy) is 1. The summed E-state index contributed by atoms with van der Waals surface area (Å²) in [5, 5.41) is 11.0. The number of halogens is 5. The lowest BCUT2D eigenvalue weighted by molar-refractivity contribution is -0.137. The molecule has 2 aromatic heterocycles. The second-order valence-electron chi connectivity index (χ2n) is 7.14. The Hall–Kier alpha value is -3.67. The lowest BCUT2D eigenvalue weighted by Gasteiger charge is -2.10. The number of aromatic nitrogens is 4. The third-order valence-electron chi connectivity index (χ3n) is 4.60. The minimum Gasteiger partial charge on any atom is -0.471 e. The van der Waals surface area contributed by atoms with E-state index in [9.17, 15) is 22.4 Å². The highest BCUT2D eigenvalue weighted by Crippen LogP contribution is 2.31. The summed E-state index contributed by atoms with van der Waals surface area (Å²) in [6, 6.07) is 11.9. The number of hydrogen-bond acceptors (Lipinski definition) is 4. The summed E-state index contributed by atoms with van der Waals surface area (Å²) >= 11 is 3.34. The number of alkyl halides is 3. The van der Waals surface area contributed by atoms with E-state index in [-0.39, 0.29) is 29.8 Å². The fourth-order valence-electron chi connectivity index (χ4n) is 2.97. The van der Waals surface area contributed by atoms with Crippen LogP contribution in [0.5, 0.6) is 5.75 Å². The largest absolute Gasteiger partial charge is 0.471 e. The van der Waals surface area contributed by atoms with Gasteiger partial charge in [-0.15, -0.1) is 0 Å². The van der Waals surface area contributed by atoms with Gasteiger partial charge in [-0.3, -0.25) is 9.48 Å². The molecular weight excluding hydrogens is 522 g/mol. The van der Waals surface area contributed by atoms with Gasteiger partial charge >= 0.3 is 6.18 Å². The molecule has 0 saturated carbocycles. The van der Waals surface area contributed by atoms with Crippen LogP contribution in [0.4, 0.5) is 23.4 Å². The molecule has 0 aliphatic heterocycles. The lowest BCUT2D eigenvalue weighted by Crippen LogP contribution is -2.15. The summed E-state index contributed by atoms with van der Waals surface area (Å²) in [7, 11) is 0. The Morgan fingerprint density at radius 1 is 1.06 bits per heavy atom. The molecule has 34 heavy (non-hydrogen) atoms. The van der Waals surface area contributed by atoms with E-state index in [0.29, 0.717) is 11.0 Å². The molecule has 0 saturated heterocycles. The smallest absolute Gasteiger partial charge is 0.416 e. The number of amides is 1. The summed E-state index contributed by atoms with van der Waals surface area (Å²) < 4.78 is 60.2. The van der Waals surface area contributed by atoms with Crippen molar-refractivity contribution in [3.05, 3.63) is 94.1 Å². The Kier molecular flexibility index (Phi) is 6.68. The van der Waals surface area contributed by atoms with Crippen molar-refractivity contribution >= 4 is 27.7 Å². The van der Waals surface area contributed by atoms with Gasteiger partial charge in [0.2, 0.25) is 0 Å². The Bertz CT molecular complexity index is 1300. The predicted octanol–water partition coefficient (Wildman–Crippen LogP) is 5.34. The van der Waals surface area contributed by atoms with E-state index in [2.05, 4.69) is 31.4 Å². The molecule has 1 amide bonds. The van der Waals surface area contributed by atoms with E-state index < -0.39 is 17.6 Å². The first kappa shape index (κ1) is 23.5. The molecule has 0 aliphatic rings. The molecule has 0 aliphatic carbocycles. The van der Waals surface area contributed by atoms with E-state index in [4.69, 9.17) is 4.74 Å². The van der Waals surface area contributed by atoms with Gasteiger partial charge in [0.1, 0.15) is 11.6 Å². The zero-order valence-corrected chi connectivity index (χ0v) is 18.8. The number of anilines is 1. The van der Waals surface area contributed by atoms with Crippen LogP contribution in [0.3, 0.4) is 0 Å². The molecule has 4 aromatic rings. The second-order valence-corrected chi connectivity index (χ2v) is 8.00. The molecule has 7 nitrogen and oxygen atoms in total. The first-order valence-corrected chi connectivity index (χ1v) is 10.6. The Labute approximate surface area is 199 Å². The summed E-state index contributed by atoms with van der Waals surface area (Å²) in [5.74, 6) is -0.586. The van der Waals surface area contributed by atoms with Gasteiger partial charge in [-0.1, -0.05) is 18.2 Å². The Balaban J connectivity index is 1.36. The number of nitrogens with one attached hydrogen (secondary N) is 1. The quantitative estimate of drug-likeness (QED) is 0.323. The first-order chi connectivity index (χ1) is 16.2. The van der Waals surface area contributed by atoms with Crippen molar-refractivity contribution in [3.8, 4) is 5.75 Å². The zero-order chi connectivity index (χ0) is 24.3. The van der Waals surface area contributed by atoms with Crippen molar-refractivity contribution in [2.45, 2.75) is 19.5 Å². The molecule has 2 heterocycles. The molecule has 0 atom stereocenters. The topological polar surface area (TPSA) is 74.0 Å². The van der Waals surface area contributed by atoms with Gasteiger partial charge in [0.15, 0.2) is 18.2 Å². The molecule has 2 aromatic carbocycles. The maximum atomic E-state index is 13.1. The third kappa shape index (κ3) is 5.81. The highest BCUT2D eigenvalue weighted by Gasteiger charge is 2.30. The van der Waals surface area contributed by atoms with Crippen LogP contribution in [-0.2, 0) is 19.5 Å². The third-order valence-corrected chi connectivity index (χ3v) is 5.19. The number of carbonyl (C=O) groups excluding carboxylic acids is 1. The number of rotatable bonds is 7.